The summed E-state index contributed by atoms with van der Waals surface area (Å²) in [6, 6.07) is 2.27. The van der Waals surface area contributed by atoms with Crippen molar-refractivity contribution < 1.29 is 27.1 Å². The van der Waals surface area contributed by atoms with Gasteiger partial charge in [-0.25, -0.2) is 4.39 Å². The summed E-state index contributed by atoms with van der Waals surface area (Å²) in [6.45, 7) is 0. The Kier molecular flexibility index (Phi) is 5.50. The van der Waals surface area contributed by atoms with Crippen LogP contribution in [-0.4, -0.2) is 19.1 Å². The maximum Gasteiger partial charge on any atom is 0.419 e. The van der Waals surface area contributed by atoms with E-state index < -0.39 is 29.6 Å². The molecule has 7 heteroatoms. The summed E-state index contributed by atoms with van der Waals surface area (Å²) in [4.78, 5) is 10.9. The maximum atomic E-state index is 13.1. The summed E-state index contributed by atoms with van der Waals surface area (Å²) in [7, 11) is 1.24. The van der Waals surface area contributed by atoms with E-state index in [1.54, 1.807) is 0 Å². The zero-order valence-corrected chi connectivity index (χ0v) is 10.8. The van der Waals surface area contributed by atoms with Crippen molar-refractivity contribution >= 4 is 5.97 Å². The van der Waals surface area contributed by atoms with Gasteiger partial charge in [-0.2, -0.15) is 13.2 Å². The lowest BCUT2D eigenvalue weighted by Crippen LogP contribution is -2.24. The number of benzene rings is 1. The molecular weight excluding hydrogens is 278 g/mol. The van der Waals surface area contributed by atoms with Crippen LogP contribution in [0.5, 0.6) is 0 Å². The molecule has 0 radical (unpaired) electrons. The second-order valence-corrected chi connectivity index (χ2v) is 4.39. The minimum atomic E-state index is -4.74. The lowest BCUT2D eigenvalue weighted by molar-refractivity contribution is -0.141. The van der Waals surface area contributed by atoms with Gasteiger partial charge >= 0.3 is 12.1 Å². The van der Waals surface area contributed by atoms with Crippen LogP contribution in [0.25, 0.3) is 0 Å². The summed E-state index contributed by atoms with van der Waals surface area (Å²) < 4.78 is 55.1. The molecule has 0 bridgehead atoms. The second kappa shape index (κ2) is 6.69. The lowest BCUT2D eigenvalue weighted by Gasteiger charge is -2.13. The van der Waals surface area contributed by atoms with Gasteiger partial charge in [0.15, 0.2) is 0 Å². The molecule has 0 aliphatic carbocycles. The van der Waals surface area contributed by atoms with E-state index in [0.717, 1.165) is 12.1 Å². The van der Waals surface area contributed by atoms with E-state index in [1.165, 1.54) is 13.2 Å². The van der Waals surface area contributed by atoms with Crippen LogP contribution in [0.2, 0.25) is 0 Å². The number of rotatable bonds is 5. The Morgan fingerprint density at radius 1 is 1.40 bits per heavy atom. The summed E-state index contributed by atoms with van der Waals surface area (Å²) in [6.07, 6.45) is -4.24. The Balaban J connectivity index is 2.71. The van der Waals surface area contributed by atoms with Gasteiger partial charge in [-0.3, -0.25) is 4.79 Å². The third kappa shape index (κ3) is 4.80. The molecule has 0 amide bonds. The quantitative estimate of drug-likeness (QED) is 0.671. The van der Waals surface area contributed by atoms with Crippen molar-refractivity contribution in [3.05, 3.63) is 35.1 Å². The van der Waals surface area contributed by atoms with Gasteiger partial charge in [0.05, 0.1) is 12.7 Å². The van der Waals surface area contributed by atoms with Crippen LogP contribution >= 0.6 is 0 Å². The average molecular weight is 293 g/mol. The second-order valence-electron chi connectivity index (χ2n) is 4.39. The van der Waals surface area contributed by atoms with Crippen molar-refractivity contribution in [3.63, 3.8) is 0 Å². The molecule has 0 aliphatic heterocycles. The predicted molar refractivity (Wildman–Crippen MR) is 64.3 cm³/mol. The fraction of sp³-hybridized carbons (Fsp3) is 0.462. The van der Waals surface area contributed by atoms with Gasteiger partial charge in [0.25, 0.3) is 0 Å². The first-order valence-corrected chi connectivity index (χ1v) is 5.92. The molecule has 1 atom stereocenters. The molecule has 1 aromatic carbocycles. The highest BCUT2D eigenvalue weighted by Crippen LogP contribution is 2.32. The average Bonchev–Trinajstić information content (AvgIpc) is 2.37. The van der Waals surface area contributed by atoms with E-state index in [0.29, 0.717) is 0 Å². The number of esters is 1. The lowest BCUT2D eigenvalue weighted by atomic mass is 10.0. The minimum Gasteiger partial charge on any atom is -0.469 e. The molecule has 0 spiro atoms. The number of ether oxygens (including phenoxy) is 1. The van der Waals surface area contributed by atoms with Crippen LogP contribution in [0.3, 0.4) is 0 Å². The molecule has 112 valence electrons. The molecule has 0 aliphatic rings. The molecule has 1 rings (SSSR count). The van der Waals surface area contributed by atoms with Gasteiger partial charge in [0.1, 0.15) is 5.82 Å². The SMILES string of the molecule is COC(=O)CCC(N)Cc1ccc(F)c(C(F)(F)F)c1. The molecular formula is C13H15F4NO2. The number of carbonyl (C=O) groups is 1. The van der Waals surface area contributed by atoms with Crippen LogP contribution in [0.15, 0.2) is 18.2 Å². The molecule has 20 heavy (non-hydrogen) atoms. The number of halogens is 4. The highest BCUT2D eigenvalue weighted by molar-refractivity contribution is 5.69. The highest BCUT2D eigenvalue weighted by Gasteiger charge is 2.34. The van der Waals surface area contributed by atoms with Crippen LogP contribution in [0, 0.1) is 5.82 Å². The van der Waals surface area contributed by atoms with Gasteiger partial charge in [0.2, 0.25) is 0 Å². The van der Waals surface area contributed by atoms with Crippen molar-refractivity contribution in [3.8, 4) is 0 Å². The topological polar surface area (TPSA) is 52.3 Å². The van der Waals surface area contributed by atoms with E-state index in [-0.39, 0.29) is 24.8 Å². The Labute approximate surface area is 113 Å². The monoisotopic (exact) mass is 293 g/mol. The first-order chi connectivity index (χ1) is 9.24. The Morgan fingerprint density at radius 2 is 2.05 bits per heavy atom. The molecule has 1 unspecified atom stereocenters. The van der Waals surface area contributed by atoms with Gasteiger partial charge in [-0.05, 0) is 30.5 Å². The molecule has 0 aromatic heterocycles. The van der Waals surface area contributed by atoms with Crippen LogP contribution in [-0.2, 0) is 22.1 Å². The van der Waals surface area contributed by atoms with E-state index in [4.69, 9.17) is 5.73 Å². The number of nitrogens with two attached hydrogens (primary N) is 1. The fourth-order valence-electron chi connectivity index (χ4n) is 1.73. The maximum absolute atomic E-state index is 13.1. The fourth-order valence-corrected chi connectivity index (χ4v) is 1.73. The molecule has 2 N–H and O–H groups in total. The Morgan fingerprint density at radius 3 is 2.60 bits per heavy atom. The normalized spacial score (nSPS) is 13.1. The number of hydrogen-bond acceptors (Lipinski definition) is 3. The number of carbonyl (C=O) groups excluding carboxylic acids is 1. The van der Waals surface area contributed by atoms with Gasteiger partial charge in [0, 0.05) is 12.5 Å². The summed E-state index contributed by atoms with van der Waals surface area (Å²) in [5.74, 6) is -1.75. The van der Waals surface area contributed by atoms with Crippen LogP contribution in [0.1, 0.15) is 24.0 Å². The first-order valence-electron chi connectivity index (χ1n) is 5.92. The van der Waals surface area contributed by atoms with E-state index >= 15 is 0 Å². The highest BCUT2D eigenvalue weighted by atomic mass is 19.4. The van der Waals surface area contributed by atoms with Crippen molar-refractivity contribution in [2.45, 2.75) is 31.5 Å². The summed E-state index contributed by atoms with van der Waals surface area (Å²) >= 11 is 0. The molecule has 0 heterocycles. The standard InChI is InChI=1S/C13H15F4NO2/c1-20-12(19)5-3-9(18)6-8-2-4-11(14)10(7-8)13(15,16)17/h2,4,7,9H,3,5-6,18H2,1H3. The van der Waals surface area contributed by atoms with Gasteiger partial charge in [-0.1, -0.05) is 6.07 Å². The number of alkyl halides is 3. The number of methoxy groups -OCH3 is 1. The van der Waals surface area contributed by atoms with Crippen molar-refractivity contribution in [1.29, 1.82) is 0 Å². The van der Waals surface area contributed by atoms with Crippen LogP contribution in [0.4, 0.5) is 17.6 Å². The van der Waals surface area contributed by atoms with Crippen LogP contribution < -0.4 is 5.73 Å². The van der Waals surface area contributed by atoms with Crippen molar-refractivity contribution in [1.82, 2.24) is 0 Å². The molecule has 0 saturated carbocycles. The summed E-state index contributed by atoms with van der Waals surface area (Å²) in [5.41, 5.74) is 4.69. The third-order valence-corrected chi connectivity index (χ3v) is 2.78. The smallest absolute Gasteiger partial charge is 0.419 e. The zero-order valence-electron chi connectivity index (χ0n) is 10.8. The first kappa shape index (κ1) is 16.4. The summed E-state index contributed by atoms with van der Waals surface area (Å²) in [5, 5.41) is 0. The number of hydrogen-bond donors (Lipinski definition) is 1. The molecule has 3 nitrogen and oxygen atoms in total. The molecule has 1 aromatic rings. The molecule has 0 fully saturated rings. The Hall–Kier alpha value is -1.63. The van der Waals surface area contributed by atoms with E-state index in [2.05, 4.69) is 4.74 Å². The zero-order chi connectivity index (χ0) is 15.3. The van der Waals surface area contributed by atoms with E-state index in [9.17, 15) is 22.4 Å². The van der Waals surface area contributed by atoms with E-state index in [1.807, 2.05) is 0 Å². The van der Waals surface area contributed by atoms with Crippen molar-refractivity contribution in [2.75, 3.05) is 7.11 Å². The van der Waals surface area contributed by atoms with Gasteiger partial charge < -0.3 is 10.5 Å². The minimum absolute atomic E-state index is 0.0883. The van der Waals surface area contributed by atoms with Crippen molar-refractivity contribution in [2.24, 2.45) is 5.73 Å². The predicted octanol–water partition coefficient (Wildman–Crippen LogP) is 2.67. The largest absolute Gasteiger partial charge is 0.469 e. The molecule has 0 saturated heterocycles. The Bertz CT molecular complexity index is 474. The third-order valence-electron chi connectivity index (χ3n) is 2.78. The van der Waals surface area contributed by atoms with Gasteiger partial charge in [-0.15, -0.1) is 0 Å².